The summed E-state index contributed by atoms with van der Waals surface area (Å²) in [5, 5.41) is 0. The number of hydrogen-bond donors (Lipinski definition) is 0. The van der Waals surface area contributed by atoms with Gasteiger partial charge in [-0.1, -0.05) is 38.8 Å². The molecule has 0 radical (unpaired) electrons. The summed E-state index contributed by atoms with van der Waals surface area (Å²) in [5.74, 6) is -2.46. The Morgan fingerprint density at radius 2 is 1.71 bits per heavy atom. The molecule has 84 valence electrons. The van der Waals surface area contributed by atoms with Crippen LogP contribution in [0.3, 0.4) is 0 Å². The Hall–Kier alpha value is -0.400. The van der Waals surface area contributed by atoms with E-state index in [1.54, 1.807) is 6.92 Å². The first-order chi connectivity index (χ1) is 6.52. The highest BCUT2D eigenvalue weighted by Crippen LogP contribution is 2.27. The Kier molecular flexibility index (Phi) is 6.77. The van der Waals surface area contributed by atoms with Gasteiger partial charge in [0, 0.05) is 12.8 Å². The maximum Gasteiger partial charge on any atom is 0.248 e. The molecule has 0 saturated carbocycles. The van der Waals surface area contributed by atoms with Crippen LogP contribution in [0.4, 0.5) is 8.78 Å². The minimum atomic E-state index is -2.46. The molecule has 14 heavy (non-hydrogen) atoms. The van der Waals surface area contributed by atoms with Crippen molar-refractivity contribution in [2.24, 2.45) is 0 Å². The third kappa shape index (κ3) is 7.05. The van der Waals surface area contributed by atoms with Gasteiger partial charge in [-0.25, -0.2) is 8.78 Å². The van der Waals surface area contributed by atoms with Gasteiger partial charge in [-0.2, -0.15) is 0 Å². The van der Waals surface area contributed by atoms with Crippen molar-refractivity contribution in [3.63, 3.8) is 0 Å². The second kappa shape index (κ2) is 6.97. The number of hydrogen-bond acceptors (Lipinski definition) is 0. The molecule has 0 bridgehead atoms. The van der Waals surface area contributed by atoms with E-state index in [-0.39, 0.29) is 12.8 Å². The lowest BCUT2D eigenvalue weighted by molar-refractivity contribution is -0.0183. The molecule has 0 aromatic heterocycles. The third-order valence-electron chi connectivity index (χ3n) is 2.29. The van der Waals surface area contributed by atoms with E-state index in [2.05, 4.69) is 13.5 Å². The van der Waals surface area contributed by atoms with Crippen molar-refractivity contribution >= 4 is 0 Å². The summed E-state index contributed by atoms with van der Waals surface area (Å²) in [6.07, 6.45) is 3.96. The topological polar surface area (TPSA) is 0 Å². The second-order valence-corrected chi connectivity index (χ2v) is 3.96. The summed E-state index contributed by atoms with van der Waals surface area (Å²) in [7, 11) is 0. The van der Waals surface area contributed by atoms with E-state index in [9.17, 15) is 8.78 Å². The van der Waals surface area contributed by atoms with E-state index in [1.807, 2.05) is 0 Å². The Morgan fingerprint density at radius 3 is 2.21 bits per heavy atom. The van der Waals surface area contributed by atoms with E-state index in [4.69, 9.17) is 0 Å². The van der Waals surface area contributed by atoms with Gasteiger partial charge in [-0.15, -0.1) is 0 Å². The fourth-order valence-corrected chi connectivity index (χ4v) is 1.57. The van der Waals surface area contributed by atoms with Crippen molar-refractivity contribution in [2.75, 3.05) is 0 Å². The molecule has 0 aromatic rings. The number of rotatable bonds is 8. The Balaban J connectivity index is 3.57. The van der Waals surface area contributed by atoms with Crippen molar-refractivity contribution in [2.45, 2.75) is 64.7 Å². The zero-order valence-electron chi connectivity index (χ0n) is 9.41. The lowest BCUT2D eigenvalue weighted by Gasteiger charge is -2.15. The first-order valence-electron chi connectivity index (χ1n) is 5.56. The van der Waals surface area contributed by atoms with Crippen LogP contribution in [-0.4, -0.2) is 5.92 Å². The quantitative estimate of drug-likeness (QED) is 0.491. The molecule has 0 aliphatic rings. The highest BCUT2D eigenvalue weighted by atomic mass is 19.3. The van der Waals surface area contributed by atoms with Gasteiger partial charge >= 0.3 is 0 Å². The Morgan fingerprint density at radius 1 is 1.07 bits per heavy atom. The smallest absolute Gasteiger partial charge is 0.207 e. The van der Waals surface area contributed by atoms with Crippen LogP contribution in [0.5, 0.6) is 0 Å². The van der Waals surface area contributed by atoms with Crippen molar-refractivity contribution in [3.05, 3.63) is 12.2 Å². The van der Waals surface area contributed by atoms with Crippen LogP contribution in [0.25, 0.3) is 0 Å². The SMILES string of the molecule is C=C(CCC)CCCC(F)(F)CCC. The van der Waals surface area contributed by atoms with Crippen molar-refractivity contribution in [1.82, 2.24) is 0 Å². The standard InChI is InChI=1S/C12H22F2/c1-4-7-11(3)8-6-10-12(13,14)9-5-2/h3-10H2,1-2H3. The zero-order chi connectivity index (χ0) is 11.0. The van der Waals surface area contributed by atoms with Gasteiger partial charge in [-0.3, -0.25) is 0 Å². The van der Waals surface area contributed by atoms with Crippen LogP contribution >= 0.6 is 0 Å². The molecule has 0 nitrogen and oxygen atoms in total. The predicted octanol–water partition coefficient (Wildman–Crippen LogP) is 4.95. The van der Waals surface area contributed by atoms with Crippen LogP contribution in [0.15, 0.2) is 12.2 Å². The highest BCUT2D eigenvalue weighted by Gasteiger charge is 2.26. The van der Waals surface area contributed by atoms with E-state index < -0.39 is 5.92 Å². The molecule has 0 aliphatic carbocycles. The molecule has 0 heterocycles. The summed E-state index contributed by atoms with van der Waals surface area (Å²) in [6, 6.07) is 0. The van der Waals surface area contributed by atoms with Crippen LogP contribution in [0, 0.1) is 0 Å². The van der Waals surface area contributed by atoms with Crippen LogP contribution < -0.4 is 0 Å². The third-order valence-corrected chi connectivity index (χ3v) is 2.29. The van der Waals surface area contributed by atoms with Crippen LogP contribution in [0.1, 0.15) is 58.8 Å². The molecular weight excluding hydrogens is 182 g/mol. The van der Waals surface area contributed by atoms with Gasteiger partial charge in [0.15, 0.2) is 0 Å². The Labute approximate surface area is 86.4 Å². The molecule has 0 aliphatic heterocycles. The summed E-state index contributed by atoms with van der Waals surface area (Å²) in [5.41, 5.74) is 1.11. The second-order valence-electron chi connectivity index (χ2n) is 3.96. The number of halogens is 2. The molecule has 0 amide bonds. The van der Waals surface area contributed by atoms with Crippen LogP contribution in [0.2, 0.25) is 0 Å². The van der Waals surface area contributed by atoms with E-state index in [0.717, 1.165) is 24.8 Å². The largest absolute Gasteiger partial charge is 0.248 e. The van der Waals surface area contributed by atoms with Gasteiger partial charge in [0.25, 0.3) is 0 Å². The summed E-state index contributed by atoms with van der Waals surface area (Å²) in [4.78, 5) is 0. The van der Waals surface area contributed by atoms with E-state index in [1.165, 1.54) is 0 Å². The predicted molar refractivity (Wildman–Crippen MR) is 57.8 cm³/mol. The first kappa shape index (κ1) is 13.6. The normalized spacial score (nSPS) is 11.7. The fraction of sp³-hybridized carbons (Fsp3) is 0.833. The van der Waals surface area contributed by atoms with Crippen LogP contribution in [-0.2, 0) is 0 Å². The highest BCUT2D eigenvalue weighted by molar-refractivity contribution is 4.93. The monoisotopic (exact) mass is 204 g/mol. The lowest BCUT2D eigenvalue weighted by Crippen LogP contribution is -2.14. The maximum absolute atomic E-state index is 13.0. The fourth-order valence-electron chi connectivity index (χ4n) is 1.57. The number of allylic oxidation sites excluding steroid dienone is 1. The molecule has 2 heteroatoms. The summed E-state index contributed by atoms with van der Waals surface area (Å²) < 4.78 is 26.1. The molecule has 0 aromatic carbocycles. The minimum absolute atomic E-state index is 0.0174. The van der Waals surface area contributed by atoms with Gasteiger partial charge < -0.3 is 0 Å². The van der Waals surface area contributed by atoms with Gasteiger partial charge in [0.05, 0.1) is 0 Å². The van der Waals surface area contributed by atoms with Gasteiger partial charge in [-0.05, 0) is 19.3 Å². The van der Waals surface area contributed by atoms with Gasteiger partial charge in [0.2, 0.25) is 5.92 Å². The first-order valence-corrected chi connectivity index (χ1v) is 5.56. The van der Waals surface area contributed by atoms with Crippen molar-refractivity contribution < 1.29 is 8.78 Å². The summed E-state index contributed by atoms with van der Waals surface area (Å²) >= 11 is 0. The molecular formula is C12H22F2. The van der Waals surface area contributed by atoms with Crippen molar-refractivity contribution in [1.29, 1.82) is 0 Å². The van der Waals surface area contributed by atoms with Crippen molar-refractivity contribution in [3.8, 4) is 0 Å². The Bertz CT molecular complexity index is 162. The molecule has 0 unspecified atom stereocenters. The van der Waals surface area contributed by atoms with Gasteiger partial charge in [0.1, 0.15) is 0 Å². The summed E-state index contributed by atoms with van der Waals surface area (Å²) in [6.45, 7) is 7.74. The molecule has 0 spiro atoms. The van der Waals surface area contributed by atoms with E-state index in [0.29, 0.717) is 12.8 Å². The average Bonchev–Trinajstić information content (AvgIpc) is 2.03. The molecule has 0 N–H and O–H groups in total. The zero-order valence-corrected chi connectivity index (χ0v) is 9.41. The number of alkyl halides is 2. The van der Waals surface area contributed by atoms with E-state index >= 15 is 0 Å². The molecule has 0 rings (SSSR count). The molecule has 0 fully saturated rings. The minimum Gasteiger partial charge on any atom is -0.207 e. The average molecular weight is 204 g/mol. The molecule has 0 saturated heterocycles. The lowest BCUT2D eigenvalue weighted by atomic mass is 10.0. The molecule has 0 atom stereocenters. The maximum atomic E-state index is 13.0.